The van der Waals surface area contributed by atoms with Crippen molar-refractivity contribution < 1.29 is 0 Å². The molecular formula is C11H20N2. The average molecular weight is 180 g/mol. The molecular weight excluding hydrogens is 160 g/mol. The summed E-state index contributed by atoms with van der Waals surface area (Å²) in [5, 5.41) is 0. The standard InChI is InChI=1S/C11H20N2/c12-9-10-5-7-13(8-6-10)11-3-1-2-4-11/h5,11H,1-4,6-9,12H2. The van der Waals surface area contributed by atoms with Crippen LogP contribution in [0.1, 0.15) is 32.1 Å². The van der Waals surface area contributed by atoms with E-state index in [1.165, 1.54) is 44.2 Å². The van der Waals surface area contributed by atoms with Gasteiger partial charge < -0.3 is 5.73 Å². The van der Waals surface area contributed by atoms with Crippen LogP contribution >= 0.6 is 0 Å². The molecule has 0 atom stereocenters. The van der Waals surface area contributed by atoms with E-state index in [4.69, 9.17) is 5.73 Å². The summed E-state index contributed by atoms with van der Waals surface area (Å²) < 4.78 is 0. The zero-order chi connectivity index (χ0) is 9.10. The third-order valence-corrected chi connectivity index (χ3v) is 3.44. The van der Waals surface area contributed by atoms with Crippen LogP contribution in [0.5, 0.6) is 0 Å². The number of nitrogens with two attached hydrogens (primary N) is 1. The molecule has 13 heavy (non-hydrogen) atoms. The third kappa shape index (κ3) is 2.12. The Labute approximate surface area is 80.8 Å². The van der Waals surface area contributed by atoms with E-state index in [0.29, 0.717) is 0 Å². The minimum atomic E-state index is 0.762. The van der Waals surface area contributed by atoms with E-state index in [-0.39, 0.29) is 0 Å². The summed E-state index contributed by atoms with van der Waals surface area (Å²) in [7, 11) is 0. The molecule has 0 bridgehead atoms. The molecule has 0 aromatic carbocycles. The molecule has 0 amide bonds. The smallest absolute Gasteiger partial charge is 0.0169 e. The van der Waals surface area contributed by atoms with Gasteiger partial charge in [-0.15, -0.1) is 0 Å². The predicted octanol–water partition coefficient (Wildman–Crippen LogP) is 1.52. The zero-order valence-electron chi connectivity index (χ0n) is 8.34. The van der Waals surface area contributed by atoms with E-state index < -0.39 is 0 Å². The molecule has 1 saturated carbocycles. The Morgan fingerprint density at radius 3 is 2.69 bits per heavy atom. The molecule has 0 unspecified atom stereocenters. The minimum absolute atomic E-state index is 0.762. The molecule has 1 aliphatic carbocycles. The van der Waals surface area contributed by atoms with E-state index >= 15 is 0 Å². The van der Waals surface area contributed by atoms with Crippen molar-refractivity contribution in [2.24, 2.45) is 5.73 Å². The molecule has 1 fully saturated rings. The Bertz CT molecular complexity index is 192. The second kappa shape index (κ2) is 4.25. The van der Waals surface area contributed by atoms with Crippen LogP contribution in [0, 0.1) is 0 Å². The summed E-state index contributed by atoms with van der Waals surface area (Å²) in [5.74, 6) is 0. The topological polar surface area (TPSA) is 29.3 Å². The van der Waals surface area contributed by atoms with Gasteiger partial charge in [-0.25, -0.2) is 0 Å². The van der Waals surface area contributed by atoms with Gasteiger partial charge in [-0.1, -0.05) is 24.5 Å². The van der Waals surface area contributed by atoms with E-state index in [0.717, 1.165) is 19.1 Å². The van der Waals surface area contributed by atoms with Gasteiger partial charge in [0.05, 0.1) is 0 Å². The highest BCUT2D eigenvalue weighted by Crippen LogP contribution is 2.25. The Balaban J connectivity index is 1.86. The first kappa shape index (κ1) is 9.22. The van der Waals surface area contributed by atoms with Gasteiger partial charge in [-0.3, -0.25) is 4.90 Å². The van der Waals surface area contributed by atoms with Crippen LogP contribution in [0.3, 0.4) is 0 Å². The molecule has 2 rings (SSSR count). The molecule has 1 heterocycles. The van der Waals surface area contributed by atoms with Crippen LogP contribution in [-0.2, 0) is 0 Å². The highest BCUT2D eigenvalue weighted by molar-refractivity contribution is 5.09. The molecule has 0 saturated heterocycles. The highest BCUT2D eigenvalue weighted by atomic mass is 15.2. The Morgan fingerprint density at radius 2 is 2.15 bits per heavy atom. The van der Waals surface area contributed by atoms with Crippen LogP contribution in [-0.4, -0.2) is 30.6 Å². The van der Waals surface area contributed by atoms with Gasteiger partial charge in [0, 0.05) is 25.7 Å². The summed E-state index contributed by atoms with van der Waals surface area (Å²) in [6, 6.07) is 0.885. The fourth-order valence-electron chi connectivity index (χ4n) is 2.51. The lowest BCUT2D eigenvalue weighted by Crippen LogP contribution is -2.37. The maximum atomic E-state index is 5.62. The maximum absolute atomic E-state index is 5.62. The van der Waals surface area contributed by atoms with Crippen molar-refractivity contribution in [3.8, 4) is 0 Å². The first-order valence-corrected chi connectivity index (χ1v) is 5.52. The van der Waals surface area contributed by atoms with Crippen LogP contribution < -0.4 is 5.73 Å². The van der Waals surface area contributed by atoms with Gasteiger partial charge in [0.25, 0.3) is 0 Å². The van der Waals surface area contributed by atoms with Crippen molar-refractivity contribution in [3.63, 3.8) is 0 Å². The van der Waals surface area contributed by atoms with Crippen molar-refractivity contribution in [3.05, 3.63) is 11.6 Å². The van der Waals surface area contributed by atoms with Gasteiger partial charge in [-0.2, -0.15) is 0 Å². The normalized spacial score (nSPS) is 26.4. The van der Waals surface area contributed by atoms with Gasteiger partial charge in [0.2, 0.25) is 0 Å². The minimum Gasteiger partial charge on any atom is -0.327 e. The third-order valence-electron chi connectivity index (χ3n) is 3.44. The molecule has 2 nitrogen and oxygen atoms in total. The molecule has 1 aliphatic heterocycles. The second-order valence-electron chi connectivity index (χ2n) is 4.25. The molecule has 0 spiro atoms. The summed E-state index contributed by atoms with van der Waals surface area (Å²) in [6.45, 7) is 3.16. The zero-order valence-corrected chi connectivity index (χ0v) is 8.34. The quantitative estimate of drug-likeness (QED) is 0.653. The number of hydrogen-bond donors (Lipinski definition) is 1. The number of hydrogen-bond acceptors (Lipinski definition) is 2. The lowest BCUT2D eigenvalue weighted by molar-refractivity contribution is 0.213. The Morgan fingerprint density at radius 1 is 1.38 bits per heavy atom. The van der Waals surface area contributed by atoms with Crippen LogP contribution in [0.15, 0.2) is 11.6 Å². The fraction of sp³-hybridized carbons (Fsp3) is 0.818. The van der Waals surface area contributed by atoms with Crippen molar-refractivity contribution >= 4 is 0 Å². The molecule has 2 heteroatoms. The fourth-order valence-corrected chi connectivity index (χ4v) is 2.51. The van der Waals surface area contributed by atoms with Gasteiger partial charge >= 0.3 is 0 Å². The SMILES string of the molecule is NCC1=CCN(C2CCCC2)CC1. The maximum Gasteiger partial charge on any atom is 0.0169 e. The van der Waals surface area contributed by atoms with Crippen molar-refractivity contribution in [1.82, 2.24) is 4.90 Å². The summed E-state index contributed by atoms with van der Waals surface area (Å²) in [5.41, 5.74) is 7.07. The van der Waals surface area contributed by atoms with E-state index in [1.807, 2.05) is 0 Å². The van der Waals surface area contributed by atoms with Crippen molar-refractivity contribution in [1.29, 1.82) is 0 Å². The highest BCUT2D eigenvalue weighted by Gasteiger charge is 2.23. The summed E-state index contributed by atoms with van der Waals surface area (Å²) in [6.07, 6.45) is 9.26. The van der Waals surface area contributed by atoms with E-state index in [1.54, 1.807) is 0 Å². The first-order chi connectivity index (χ1) is 6.40. The average Bonchev–Trinajstić information content (AvgIpc) is 2.71. The second-order valence-corrected chi connectivity index (χ2v) is 4.25. The molecule has 0 radical (unpaired) electrons. The molecule has 74 valence electrons. The van der Waals surface area contributed by atoms with Gasteiger partial charge in [-0.05, 0) is 19.3 Å². The lowest BCUT2D eigenvalue weighted by atomic mass is 10.1. The van der Waals surface area contributed by atoms with Crippen LogP contribution in [0.4, 0.5) is 0 Å². The molecule has 0 aromatic heterocycles. The van der Waals surface area contributed by atoms with Gasteiger partial charge in [0.15, 0.2) is 0 Å². The summed E-state index contributed by atoms with van der Waals surface area (Å²) in [4.78, 5) is 2.63. The first-order valence-electron chi connectivity index (χ1n) is 5.52. The van der Waals surface area contributed by atoms with Crippen LogP contribution in [0.25, 0.3) is 0 Å². The molecule has 2 N–H and O–H groups in total. The Kier molecular flexibility index (Phi) is 3.01. The van der Waals surface area contributed by atoms with E-state index in [2.05, 4.69) is 11.0 Å². The molecule has 2 aliphatic rings. The van der Waals surface area contributed by atoms with Crippen molar-refractivity contribution in [2.45, 2.75) is 38.1 Å². The summed E-state index contributed by atoms with van der Waals surface area (Å²) >= 11 is 0. The van der Waals surface area contributed by atoms with Crippen LogP contribution in [0.2, 0.25) is 0 Å². The van der Waals surface area contributed by atoms with Crippen molar-refractivity contribution in [2.75, 3.05) is 19.6 Å². The lowest BCUT2D eigenvalue weighted by Gasteiger charge is -2.31. The molecule has 0 aromatic rings. The van der Waals surface area contributed by atoms with Gasteiger partial charge in [0.1, 0.15) is 0 Å². The number of nitrogens with zero attached hydrogens (tertiary/aromatic N) is 1. The van der Waals surface area contributed by atoms with E-state index in [9.17, 15) is 0 Å². The number of rotatable bonds is 2. The Hall–Kier alpha value is -0.340. The largest absolute Gasteiger partial charge is 0.327 e. The monoisotopic (exact) mass is 180 g/mol. The predicted molar refractivity (Wildman–Crippen MR) is 55.6 cm³/mol.